The van der Waals surface area contributed by atoms with Gasteiger partial charge in [-0.25, -0.2) is 9.18 Å². The van der Waals surface area contributed by atoms with Gasteiger partial charge in [0.25, 0.3) is 0 Å². The maximum atomic E-state index is 14.0. The van der Waals surface area contributed by atoms with Gasteiger partial charge in [0, 0.05) is 0 Å². The summed E-state index contributed by atoms with van der Waals surface area (Å²) in [5, 5.41) is 10.6. The first-order chi connectivity index (χ1) is 11.9. The minimum Gasteiger partial charge on any atom is -0.544 e. The van der Waals surface area contributed by atoms with Crippen LogP contribution in [0.3, 0.4) is 0 Å². The first-order valence-corrected chi connectivity index (χ1v) is 8.19. The van der Waals surface area contributed by atoms with Crippen molar-refractivity contribution >= 4 is 11.9 Å². The molecule has 0 unspecified atom stereocenters. The van der Waals surface area contributed by atoms with E-state index in [0.717, 1.165) is 57.7 Å². The zero-order valence-electron chi connectivity index (χ0n) is 14.7. The number of aliphatic carboxylic acids is 1. The van der Waals surface area contributed by atoms with Gasteiger partial charge < -0.3 is 19.4 Å². The van der Waals surface area contributed by atoms with Crippen LogP contribution in [0.25, 0.3) is 0 Å². The highest BCUT2D eigenvalue weighted by molar-refractivity contribution is 5.90. The molecule has 2 rings (SSSR count). The molecule has 0 bridgehead atoms. The Morgan fingerprint density at radius 3 is 2.31 bits per heavy atom. The van der Waals surface area contributed by atoms with Gasteiger partial charge in [0.2, 0.25) is 0 Å². The molecule has 1 saturated carbocycles. The Bertz CT molecular complexity index is 709. The minimum atomic E-state index is -4.40. The van der Waals surface area contributed by atoms with Crippen LogP contribution in [0.1, 0.15) is 56.8 Å². The second-order valence-corrected chi connectivity index (χ2v) is 7.17. The van der Waals surface area contributed by atoms with Gasteiger partial charge in [-0.2, -0.15) is 8.78 Å². The number of hydrogen-bond donors (Lipinski definition) is 0. The van der Waals surface area contributed by atoms with Crippen LogP contribution in [0.2, 0.25) is 0 Å². The van der Waals surface area contributed by atoms with Crippen molar-refractivity contribution in [3.8, 4) is 5.75 Å². The lowest BCUT2D eigenvalue weighted by molar-refractivity contribution is -0.341. The second-order valence-electron chi connectivity index (χ2n) is 7.17. The SMILES string of the molecule is CC1(Oc2cc(C(=O)OC(C)(C)C(F)(F)C(=O)[O-])ccc2F)CCCC1. The van der Waals surface area contributed by atoms with E-state index in [1.54, 1.807) is 0 Å². The van der Waals surface area contributed by atoms with E-state index in [1.165, 1.54) is 0 Å². The highest BCUT2D eigenvalue weighted by Gasteiger charge is 2.51. The Hall–Kier alpha value is -2.25. The third-order valence-corrected chi connectivity index (χ3v) is 4.54. The fourth-order valence-corrected chi connectivity index (χ4v) is 2.80. The van der Waals surface area contributed by atoms with Crippen LogP contribution in [0.15, 0.2) is 18.2 Å². The van der Waals surface area contributed by atoms with Crippen molar-refractivity contribution < 1.29 is 37.3 Å². The molecule has 1 fully saturated rings. The fourth-order valence-electron chi connectivity index (χ4n) is 2.80. The summed E-state index contributed by atoms with van der Waals surface area (Å²) in [6.07, 6.45) is 3.33. The van der Waals surface area contributed by atoms with Gasteiger partial charge >= 0.3 is 11.9 Å². The van der Waals surface area contributed by atoms with Gasteiger partial charge in [-0.3, -0.25) is 0 Å². The molecule has 0 spiro atoms. The standard InChI is InChI=1S/C18H21F3O5/c1-16(2,18(20,21)15(23)24)26-14(22)11-6-7-12(19)13(10-11)25-17(3)8-4-5-9-17/h6-7,10H,4-5,8-9H2,1-3H3,(H,23,24)/p-1. The number of carbonyl (C=O) groups excluding carboxylic acids is 2. The van der Waals surface area contributed by atoms with E-state index in [0.29, 0.717) is 0 Å². The van der Waals surface area contributed by atoms with Gasteiger partial charge in [0.1, 0.15) is 11.6 Å². The molecule has 0 atom stereocenters. The van der Waals surface area contributed by atoms with E-state index in [9.17, 15) is 27.9 Å². The van der Waals surface area contributed by atoms with Gasteiger partial charge in [-0.15, -0.1) is 0 Å². The Morgan fingerprint density at radius 1 is 1.19 bits per heavy atom. The molecule has 5 nitrogen and oxygen atoms in total. The molecule has 1 aliphatic carbocycles. The summed E-state index contributed by atoms with van der Waals surface area (Å²) in [4.78, 5) is 22.8. The first kappa shape index (κ1) is 20.1. The second kappa shape index (κ2) is 6.81. The molecule has 0 saturated heterocycles. The van der Waals surface area contributed by atoms with Crippen LogP contribution < -0.4 is 9.84 Å². The van der Waals surface area contributed by atoms with E-state index in [-0.39, 0.29) is 11.3 Å². The molecule has 0 radical (unpaired) electrons. The molecule has 144 valence electrons. The summed E-state index contributed by atoms with van der Waals surface area (Å²) in [5.41, 5.74) is -3.45. The van der Waals surface area contributed by atoms with E-state index < -0.39 is 34.9 Å². The maximum Gasteiger partial charge on any atom is 0.339 e. The molecule has 0 aromatic heterocycles. The summed E-state index contributed by atoms with van der Waals surface area (Å²) >= 11 is 0. The maximum absolute atomic E-state index is 14.0. The largest absolute Gasteiger partial charge is 0.544 e. The smallest absolute Gasteiger partial charge is 0.339 e. The number of hydrogen-bond acceptors (Lipinski definition) is 5. The van der Waals surface area contributed by atoms with Crippen molar-refractivity contribution in [1.82, 2.24) is 0 Å². The molecule has 0 N–H and O–H groups in total. The zero-order chi connectivity index (χ0) is 19.8. The Labute approximate surface area is 149 Å². The Balaban J connectivity index is 2.22. The van der Waals surface area contributed by atoms with Crippen LogP contribution in [-0.2, 0) is 9.53 Å². The highest BCUT2D eigenvalue weighted by atomic mass is 19.3. The van der Waals surface area contributed by atoms with Crippen LogP contribution in [0.5, 0.6) is 5.75 Å². The average Bonchev–Trinajstić information content (AvgIpc) is 2.95. The lowest BCUT2D eigenvalue weighted by atomic mass is 10.0. The van der Waals surface area contributed by atoms with E-state index in [1.807, 2.05) is 6.92 Å². The molecule has 1 aromatic rings. The number of esters is 1. The predicted molar refractivity (Wildman–Crippen MR) is 83.3 cm³/mol. The van der Waals surface area contributed by atoms with Crippen LogP contribution in [0, 0.1) is 5.82 Å². The van der Waals surface area contributed by atoms with E-state index >= 15 is 0 Å². The van der Waals surface area contributed by atoms with E-state index in [2.05, 4.69) is 4.74 Å². The molecule has 0 aliphatic heterocycles. The third kappa shape index (κ3) is 3.94. The summed E-state index contributed by atoms with van der Waals surface area (Å²) in [6.45, 7) is 3.33. The van der Waals surface area contributed by atoms with Gasteiger partial charge in [-0.1, -0.05) is 0 Å². The molecule has 0 amide bonds. The van der Waals surface area contributed by atoms with Crippen molar-refractivity contribution in [2.24, 2.45) is 0 Å². The van der Waals surface area contributed by atoms with Crippen LogP contribution in [-0.4, -0.2) is 29.1 Å². The number of benzene rings is 1. The van der Waals surface area contributed by atoms with Crippen molar-refractivity contribution in [2.45, 2.75) is 63.6 Å². The number of ether oxygens (including phenoxy) is 2. The Morgan fingerprint density at radius 2 is 1.77 bits per heavy atom. The molecular weight excluding hydrogens is 353 g/mol. The van der Waals surface area contributed by atoms with Crippen molar-refractivity contribution in [3.63, 3.8) is 0 Å². The Kier molecular flexibility index (Phi) is 5.26. The van der Waals surface area contributed by atoms with Gasteiger partial charge in [0.05, 0.1) is 5.56 Å². The fraction of sp³-hybridized carbons (Fsp3) is 0.556. The van der Waals surface area contributed by atoms with Crippen molar-refractivity contribution in [3.05, 3.63) is 29.6 Å². The lowest BCUT2D eigenvalue weighted by Crippen LogP contribution is -2.57. The number of carbonyl (C=O) groups is 2. The molecular formula is C18H20F3O5-. The normalized spacial score (nSPS) is 17.0. The summed E-state index contributed by atoms with van der Waals surface area (Å²) in [5.74, 6) is -9.17. The quantitative estimate of drug-likeness (QED) is 0.717. The summed E-state index contributed by atoms with van der Waals surface area (Å²) in [7, 11) is 0. The highest BCUT2D eigenvalue weighted by Crippen LogP contribution is 2.36. The molecule has 1 aromatic carbocycles. The van der Waals surface area contributed by atoms with Crippen LogP contribution >= 0.6 is 0 Å². The predicted octanol–water partition coefficient (Wildman–Crippen LogP) is 2.86. The summed E-state index contributed by atoms with van der Waals surface area (Å²) in [6, 6.07) is 3.08. The minimum absolute atomic E-state index is 0.187. The monoisotopic (exact) mass is 373 g/mol. The van der Waals surface area contributed by atoms with Crippen molar-refractivity contribution in [2.75, 3.05) is 0 Å². The number of alkyl halides is 2. The van der Waals surface area contributed by atoms with Gasteiger partial charge in [0.15, 0.2) is 17.2 Å². The first-order valence-electron chi connectivity index (χ1n) is 8.19. The van der Waals surface area contributed by atoms with E-state index in [4.69, 9.17) is 4.74 Å². The lowest BCUT2D eigenvalue weighted by Gasteiger charge is -2.34. The number of carboxylic acids is 1. The molecule has 1 aliphatic rings. The third-order valence-electron chi connectivity index (χ3n) is 4.54. The topological polar surface area (TPSA) is 75.7 Å². The van der Waals surface area contributed by atoms with Crippen molar-refractivity contribution in [1.29, 1.82) is 0 Å². The molecule has 0 heterocycles. The molecule has 8 heteroatoms. The summed E-state index contributed by atoms with van der Waals surface area (Å²) < 4.78 is 51.6. The average molecular weight is 373 g/mol. The number of rotatable bonds is 6. The zero-order valence-corrected chi connectivity index (χ0v) is 14.7. The number of halogens is 3. The van der Waals surface area contributed by atoms with Crippen LogP contribution in [0.4, 0.5) is 13.2 Å². The number of carboxylic acid groups (broad SMARTS) is 1. The molecule has 26 heavy (non-hydrogen) atoms. The van der Waals surface area contributed by atoms with Gasteiger partial charge in [-0.05, 0) is 64.7 Å².